The number of carbonyl (C=O) groups is 1. The summed E-state index contributed by atoms with van der Waals surface area (Å²) in [6, 6.07) is 0. The van der Waals surface area contributed by atoms with Crippen LogP contribution in [0.15, 0.2) is 6.20 Å². The second kappa shape index (κ2) is 5.46. The smallest absolute Gasteiger partial charge is 0.250 e. The molecule has 0 N–H and O–H groups in total. The van der Waals surface area contributed by atoms with E-state index in [0.29, 0.717) is 19.6 Å². The molecule has 0 aromatic carbocycles. The van der Waals surface area contributed by atoms with Gasteiger partial charge in [0.1, 0.15) is 5.54 Å². The van der Waals surface area contributed by atoms with Crippen LogP contribution in [0.3, 0.4) is 0 Å². The predicted molar refractivity (Wildman–Crippen MR) is 90.3 cm³/mol. The van der Waals surface area contributed by atoms with Crippen LogP contribution >= 0.6 is 11.3 Å². The van der Waals surface area contributed by atoms with Gasteiger partial charge in [-0.25, -0.2) is 4.98 Å². The van der Waals surface area contributed by atoms with Crippen molar-refractivity contribution in [3.8, 4) is 6.19 Å². The average Bonchev–Trinajstić information content (AvgIpc) is 2.98. The predicted octanol–water partition coefficient (Wildman–Crippen LogP) is 1.64. The highest BCUT2D eigenvalue weighted by Gasteiger charge is 2.49. The second-order valence-electron chi connectivity index (χ2n) is 7.50. The van der Waals surface area contributed by atoms with Crippen LogP contribution < -0.4 is 4.90 Å². The van der Waals surface area contributed by atoms with Crippen molar-refractivity contribution in [2.24, 2.45) is 0 Å². The van der Waals surface area contributed by atoms with Gasteiger partial charge in [-0.3, -0.25) is 14.6 Å². The number of aromatic nitrogens is 1. The van der Waals surface area contributed by atoms with Crippen molar-refractivity contribution < 1.29 is 4.79 Å². The molecule has 3 heterocycles. The van der Waals surface area contributed by atoms with Crippen LogP contribution in [-0.2, 0) is 10.2 Å². The van der Waals surface area contributed by atoms with Gasteiger partial charge in [0.05, 0.1) is 6.54 Å². The molecule has 3 rings (SSSR count). The lowest BCUT2D eigenvalue weighted by Gasteiger charge is -2.51. The van der Waals surface area contributed by atoms with Gasteiger partial charge >= 0.3 is 0 Å². The van der Waals surface area contributed by atoms with E-state index < -0.39 is 5.54 Å². The van der Waals surface area contributed by atoms with E-state index in [4.69, 9.17) is 0 Å². The molecule has 1 unspecified atom stereocenters. The molecule has 1 aromatic rings. The number of nitrogens with zero attached hydrogens (tertiary/aromatic N) is 5. The summed E-state index contributed by atoms with van der Waals surface area (Å²) in [6.45, 7) is 11.8. The standard InChI is InChI=1S/C16H23N5OS/c1-15(2,3)12-9-18-14(23-12)21-8-7-20-6-5-19(11-17)10-16(20,4)13(21)22/h9H,5-8,10H2,1-4H3. The van der Waals surface area contributed by atoms with Crippen LogP contribution in [0.2, 0.25) is 0 Å². The molecular formula is C16H23N5OS. The molecule has 7 heteroatoms. The van der Waals surface area contributed by atoms with Gasteiger partial charge in [0.25, 0.3) is 5.91 Å². The Kier molecular flexibility index (Phi) is 3.85. The Morgan fingerprint density at radius 1 is 1.30 bits per heavy atom. The van der Waals surface area contributed by atoms with E-state index in [0.717, 1.165) is 18.2 Å². The molecule has 0 bridgehead atoms. The zero-order valence-electron chi connectivity index (χ0n) is 14.2. The molecular weight excluding hydrogens is 310 g/mol. The van der Waals surface area contributed by atoms with Crippen molar-refractivity contribution in [1.82, 2.24) is 14.8 Å². The number of amides is 1. The van der Waals surface area contributed by atoms with Crippen molar-refractivity contribution in [3.63, 3.8) is 0 Å². The lowest BCUT2D eigenvalue weighted by molar-refractivity contribution is -0.136. The number of hydrogen-bond donors (Lipinski definition) is 0. The highest BCUT2D eigenvalue weighted by atomic mass is 32.1. The lowest BCUT2D eigenvalue weighted by atomic mass is 9.92. The van der Waals surface area contributed by atoms with Gasteiger partial charge in [0.2, 0.25) is 0 Å². The molecule has 1 atom stereocenters. The van der Waals surface area contributed by atoms with Crippen molar-refractivity contribution in [1.29, 1.82) is 5.26 Å². The van der Waals surface area contributed by atoms with Gasteiger partial charge in [0, 0.05) is 37.3 Å². The van der Waals surface area contributed by atoms with E-state index in [-0.39, 0.29) is 11.3 Å². The molecule has 0 saturated carbocycles. The number of piperazine rings is 2. The normalized spacial score (nSPS) is 26.1. The number of nitriles is 1. The Bertz CT molecular complexity index is 658. The van der Waals surface area contributed by atoms with Crippen LogP contribution in [0.4, 0.5) is 5.13 Å². The Hall–Kier alpha value is -1.65. The van der Waals surface area contributed by atoms with Crippen LogP contribution in [0, 0.1) is 11.5 Å². The Morgan fingerprint density at radius 3 is 2.61 bits per heavy atom. The quantitative estimate of drug-likeness (QED) is 0.731. The molecule has 1 aromatic heterocycles. The van der Waals surface area contributed by atoms with Gasteiger partial charge in [-0.15, -0.1) is 11.3 Å². The third kappa shape index (κ3) is 2.70. The maximum atomic E-state index is 13.1. The van der Waals surface area contributed by atoms with E-state index in [1.54, 1.807) is 21.1 Å². The zero-order valence-corrected chi connectivity index (χ0v) is 15.0. The zero-order chi connectivity index (χ0) is 16.8. The van der Waals surface area contributed by atoms with Crippen molar-refractivity contribution in [2.75, 3.05) is 37.6 Å². The van der Waals surface area contributed by atoms with E-state index in [1.807, 2.05) is 13.1 Å². The summed E-state index contributed by atoms with van der Waals surface area (Å²) in [6.07, 6.45) is 4.06. The monoisotopic (exact) mass is 333 g/mol. The highest BCUT2D eigenvalue weighted by molar-refractivity contribution is 7.15. The molecule has 2 saturated heterocycles. The van der Waals surface area contributed by atoms with Crippen LogP contribution in [0.25, 0.3) is 0 Å². The molecule has 124 valence electrons. The minimum absolute atomic E-state index is 0.0349. The van der Waals surface area contributed by atoms with Crippen LogP contribution in [0.5, 0.6) is 0 Å². The number of carbonyl (C=O) groups excluding carboxylic acids is 1. The number of fused-ring (bicyclic) bond motifs is 1. The molecule has 2 aliphatic heterocycles. The van der Waals surface area contributed by atoms with Crippen molar-refractivity contribution >= 4 is 22.4 Å². The van der Waals surface area contributed by atoms with Crippen LogP contribution in [-0.4, -0.2) is 59.0 Å². The Morgan fingerprint density at radius 2 is 2.00 bits per heavy atom. The minimum atomic E-state index is -0.639. The summed E-state index contributed by atoms with van der Waals surface area (Å²) < 4.78 is 0. The molecule has 2 aliphatic rings. The summed E-state index contributed by atoms with van der Waals surface area (Å²) in [4.78, 5) is 24.5. The maximum Gasteiger partial charge on any atom is 0.250 e. The summed E-state index contributed by atoms with van der Waals surface area (Å²) in [5.74, 6) is 0.0542. The molecule has 0 spiro atoms. The number of hydrogen-bond acceptors (Lipinski definition) is 6. The van der Waals surface area contributed by atoms with E-state index >= 15 is 0 Å². The average molecular weight is 333 g/mol. The summed E-state index contributed by atoms with van der Waals surface area (Å²) in [7, 11) is 0. The summed E-state index contributed by atoms with van der Waals surface area (Å²) in [5, 5.41) is 9.95. The molecule has 6 nitrogen and oxygen atoms in total. The first kappa shape index (κ1) is 16.2. The minimum Gasteiger partial charge on any atom is -0.307 e. The van der Waals surface area contributed by atoms with Gasteiger partial charge in [-0.1, -0.05) is 20.8 Å². The Labute approximate surface area is 141 Å². The first-order valence-corrected chi connectivity index (χ1v) is 8.75. The highest BCUT2D eigenvalue weighted by Crippen LogP contribution is 2.35. The third-order valence-electron chi connectivity index (χ3n) is 4.74. The van der Waals surface area contributed by atoms with Gasteiger partial charge in [-0.05, 0) is 12.3 Å². The fourth-order valence-electron chi connectivity index (χ4n) is 3.22. The summed E-state index contributed by atoms with van der Waals surface area (Å²) in [5.41, 5.74) is -0.604. The SMILES string of the molecule is CC(C)(C)c1cnc(N2CCN3CCN(C#N)CC3(C)C2=O)s1. The van der Waals surface area contributed by atoms with Crippen LogP contribution in [0.1, 0.15) is 32.6 Å². The number of thiazole rings is 1. The second-order valence-corrected chi connectivity index (χ2v) is 8.51. The molecule has 0 aliphatic carbocycles. The first-order valence-electron chi connectivity index (χ1n) is 7.94. The fourth-order valence-corrected chi connectivity index (χ4v) is 4.22. The van der Waals surface area contributed by atoms with E-state index in [1.165, 1.54) is 4.88 Å². The van der Waals surface area contributed by atoms with E-state index in [2.05, 4.69) is 36.8 Å². The summed E-state index contributed by atoms with van der Waals surface area (Å²) >= 11 is 1.59. The van der Waals surface area contributed by atoms with Gasteiger partial charge < -0.3 is 4.90 Å². The fraction of sp³-hybridized carbons (Fsp3) is 0.688. The van der Waals surface area contributed by atoms with Crippen molar-refractivity contribution in [3.05, 3.63) is 11.1 Å². The third-order valence-corrected chi connectivity index (χ3v) is 6.19. The first-order chi connectivity index (χ1) is 10.8. The topological polar surface area (TPSA) is 63.5 Å². The number of rotatable bonds is 1. The van der Waals surface area contributed by atoms with Crippen molar-refractivity contribution in [2.45, 2.75) is 38.6 Å². The van der Waals surface area contributed by atoms with Gasteiger partial charge in [-0.2, -0.15) is 5.26 Å². The molecule has 2 fully saturated rings. The maximum absolute atomic E-state index is 13.1. The number of anilines is 1. The molecule has 23 heavy (non-hydrogen) atoms. The largest absolute Gasteiger partial charge is 0.307 e. The van der Waals surface area contributed by atoms with Gasteiger partial charge in [0.15, 0.2) is 11.3 Å². The van der Waals surface area contributed by atoms with E-state index in [9.17, 15) is 10.1 Å². The molecule has 0 radical (unpaired) electrons. The Balaban J connectivity index is 1.87. The lowest BCUT2D eigenvalue weighted by Crippen LogP contribution is -2.71. The molecule has 1 amide bonds.